The summed E-state index contributed by atoms with van der Waals surface area (Å²) < 4.78 is 1.21. The van der Waals surface area contributed by atoms with Crippen LogP contribution in [0.2, 0.25) is 0 Å². The van der Waals surface area contributed by atoms with E-state index < -0.39 is 0 Å². The lowest BCUT2D eigenvalue weighted by Gasteiger charge is -2.18. The first-order valence-corrected chi connectivity index (χ1v) is 6.82. The van der Waals surface area contributed by atoms with Crippen molar-refractivity contribution in [2.45, 2.75) is 32.2 Å². The van der Waals surface area contributed by atoms with Crippen LogP contribution in [0.15, 0.2) is 15.9 Å². The Morgan fingerprint density at radius 2 is 2.13 bits per heavy atom. The van der Waals surface area contributed by atoms with Gasteiger partial charge in [0.1, 0.15) is 0 Å². The molecule has 1 aromatic heterocycles. The Hall–Kier alpha value is 0.1000. The number of hydrogen-bond acceptors (Lipinski definition) is 3. The normalized spacial score (nSPS) is 12.0. The van der Waals surface area contributed by atoms with Gasteiger partial charge >= 0.3 is 0 Å². The van der Waals surface area contributed by atoms with E-state index in [0.717, 1.165) is 25.9 Å². The van der Waals surface area contributed by atoms with Crippen LogP contribution in [0.3, 0.4) is 0 Å². The molecule has 0 aliphatic rings. The Kier molecular flexibility index (Phi) is 5.26. The molecule has 0 bridgehead atoms. The van der Waals surface area contributed by atoms with Gasteiger partial charge in [0.15, 0.2) is 0 Å². The fraction of sp³-hybridized carbons (Fsp3) is 0.636. The highest BCUT2D eigenvalue weighted by atomic mass is 79.9. The second-order valence-corrected chi connectivity index (χ2v) is 6.99. The topological polar surface area (TPSA) is 38.0 Å². The van der Waals surface area contributed by atoms with Crippen LogP contribution in [0.25, 0.3) is 0 Å². The predicted molar refractivity (Wildman–Crippen MR) is 71.5 cm³/mol. The third-order valence-corrected chi connectivity index (χ3v) is 3.81. The van der Waals surface area contributed by atoms with Crippen LogP contribution in [-0.4, -0.2) is 18.6 Å². The lowest BCUT2D eigenvalue weighted by atomic mass is 10.0. The molecule has 0 amide bonds. The minimum absolute atomic E-state index is 0.0566. The predicted octanol–water partition coefficient (Wildman–Crippen LogP) is 2.77. The third-order valence-electron chi connectivity index (χ3n) is 2.12. The molecule has 15 heavy (non-hydrogen) atoms. The highest BCUT2D eigenvalue weighted by Crippen LogP contribution is 2.21. The molecule has 0 unspecified atom stereocenters. The quantitative estimate of drug-likeness (QED) is 0.791. The maximum absolute atomic E-state index is 5.89. The smallest absolute Gasteiger partial charge is 0.0701 e. The Morgan fingerprint density at radius 3 is 2.67 bits per heavy atom. The van der Waals surface area contributed by atoms with Crippen molar-refractivity contribution in [1.82, 2.24) is 5.32 Å². The van der Waals surface area contributed by atoms with Gasteiger partial charge in [-0.2, -0.15) is 0 Å². The summed E-state index contributed by atoms with van der Waals surface area (Å²) in [6.07, 6.45) is 2.11. The molecule has 0 radical (unpaired) electrons. The van der Waals surface area contributed by atoms with Crippen molar-refractivity contribution in [3.8, 4) is 0 Å². The number of thiophene rings is 1. The van der Waals surface area contributed by atoms with E-state index in [1.807, 2.05) is 0 Å². The SMILES string of the molecule is CC(C)(N)CCNCCc1ccc(Br)s1. The average molecular weight is 291 g/mol. The molecule has 3 N–H and O–H groups in total. The van der Waals surface area contributed by atoms with E-state index in [2.05, 4.69) is 47.2 Å². The van der Waals surface area contributed by atoms with Crippen molar-refractivity contribution in [2.24, 2.45) is 5.73 Å². The summed E-state index contributed by atoms with van der Waals surface area (Å²) in [5.74, 6) is 0. The Labute approximate surface area is 104 Å². The van der Waals surface area contributed by atoms with Crippen molar-refractivity contribution < 1.29 is 0 Å². The van der Waals surface area contributed by atoms with Gasteiger partial charge in [-0.05, 0) is 67.8 Å². The van der Waals surface area contributed by atoms with Crippen molar-refractivity contribution in [1.29, 1.82) is 0 Å². The maximum atomic E-state index is 5.89. The van der Waals surface area contributed by atoms with E-state index in [4.69, 9.17) is 5.73 Å². The molecule has 0 aliphatic carbocycles. The molecule has 86 valence electrons. The van der Waals surface area contributed by atoms with Crippen LogP contribution in [0.1, 0.15) is 25.1 Å². The Balaban J connectivity index is 2.07. The van der Waals surface area contributed by atoms with E-state index >= 15 is 0 Å². The van der Waals surface area contributed by atoms with Gasteiger partial charge in [0.05, 0.1) is 3.79 Å². The van der Waals surface area contributed by atoms with Gasteiger partial charge in [-0.1, -0.05) is 0 Å². The largest absolute Gasteiger partial charge is 0.326 e. The molecule has 1 rings (SSSR count). The van der Waals surface area contributed by atoms with Gasteiger partial charge in [0.2, 0.25) is 0 Å². The lowest BCUT2D eigenvalue weighted by Crippen LogP contribution is -2.36. The van der Waals surface area contributed by atoms with Gasteiger partial charge in [-0.25, -0.2) is 0 Å². The number of halogens is 1. The monoisotopic (exact) mass is 290 g/mol. The van der Waals surface area contributed by atoms with E-state index in [1.165, 1.54) is 8.66 Å². The third kappa shape index (κ3) is 6.30. The molecule has 1 heterocycles. The number of hydrogen-bond donors (Lipinski definition) is 2. The van der Waals surface area contributed by atoms with Crippen LogP contribution < -0.4 is 11.1 Å². The summed E-state index contributed by atoms with van der Waals surface area (Å²) in [5, 5.41) is 3.41. The molecule has 2 nitrogen and oxygen atoms in total. The molecule has 0 aromatic carbocycles. The molecule has 0 saturated heterocycles. The first kappa shape index (κ1) is 13.2. The van der Waals surface area contributed by atoms with Gasteiger partial charge in [-0.15, -0.1) is 11.3 Å². The summed E-state index contributed by atoms with van der Waals surface area (Å²) in [4.78, 5) is 1.42. The van der Waals surface area contributed by atoms with Crippen LogP contribution >= 0.6 is 27.3 Å². The molecule has 0 atom stereocenters. The molecule has 0 aliphatic heterocycles. The molecule has 0 spiro atoms. The first-order chi connectivity index (χ1) is 6.97. The molecule has 4 heteroatoms. The minimum Gasteiger partial charge on any atom is -0.326 e. The second-order valence-electron chi connectivity index (χ2n) is 4.44. The number of rotatable bonds is 6. The molecule has 1 aromatic rings. The fourth-order valence-electron chi connectivity index (χ4n) is 1.23. The second kappa shape index (κ2) is 5.99. The van der Waals surface area contributed by atoms with Crippen LogP contribution in [0, 0.1) is 0 Å². The average Bonchev–Trinajstić information content (AvgIpc) is 2.49. The Morgan fingerprint density at radius 1 is 1.40 bits per heavy atom. The summed E-state index contributed by atoms with van der Waals surface area (Å²) in [7, 11) is 0. The zero-order chi connectivity index (χ0) is 11.3. The van der Waals surface area contributed by atoms with Gasteiger partial charge < -0.3 is 11.1 Å². The summed E-state index contributed by atoms with van der Waals surface area (Å²) in [6, 6.07) is 4.27. The zero-order valence-corrected chi connectivity index (χ0v) is 11.7. The van der Waals surface area contributed by atoms with E-state index in [9.17, 15) is 0 Å². The highest BCUT2D eigenvalue weighted by molar-refractivity contribution is 9.11. The summed E-state index contributed by atoms with van der Waals surface area (Å²) in [6.45, 7) is 6.15. The molecule has 0 saturated carbocycles. The standard InChI is InChI=1S/C11H19BrN2S/c1-11(2,13)6-8-14-7-5-9-3-4-10(12)15-9/h3-4,14H,5-8,13H2,1-2H3. The summed E-state index contributed by atoms with van der Waals surface area (Å²) >= 11 is 5.27. The van der Waals surface area contributed by atoms with Crippen molar-refractivity contribution >= 4 is 27.3 Å². The van der Waals surface area contributed by atoms with Crippen molar-refractivity contribution in [3.05, 3.63) is 20.8 Å². The number of nitrogens with one attached hydrogen (secondary N) is 1. The van der Waals surface area contributed by atoms with Gasteiger partial charge in [0.25, 0.3) is 0 Å². The highest BCUT2D eigenvalue weighted by Gasteiger charge is 2.08. The zero-order valence-electron chi connectivity index (χ0n) is 9.35. The van der Waals surface area contributed by atoms with E-state index in [0.29, 0.717) is 0 Å². The van der Waals surface area contributed by atoms with Crippen LogP contribution in [0.4, 0.5) is 0 Å². The summed E-state index contributed by atoms with van der Waals surface area (Å²) in [5.41, 5.74) is 5.83. The Bertz CT molecular complexity index is 291. The van der Waals surface area contributed by atoms with Gasteiger partial charge in [-0.3, -0.25) is 0 Å². The first-order valence-electron chi connectivity index (χ1n) is 5.21. The molecule has 0 fully saturated rings. The van der Waals surface area contributed by atoms with Crippen LogP contribution in [0.5, 0.6) is 0 Å². The maximum Gasteiger partial charge on any atom is 0.0701 e. The van der Waals surface area contributed by atoms with Crippen molar-refractivity contribution in [3.63, 3.8) is 0 Å². The fourth-order valence-corrected chi connectivity index (χ4v) is 2.72. The van der Waals surface area contributed by atoms with Gasteiger partial charge in [0, 0.05) is 10.4 Å². The number of nitrogens with two attached hydrogens (primary N) is 1. The van der Waals surface area contributed by atoms with E-state index in [-0.39, 0.29) is 5.54 Å². The van der Waals surface area contributed by atoms with Crippen LogP contribution in [-0.2, 0) is 6.42 Å². The minimum atomic E-state index is -0.0566. The van der Waals surface area contributed by atoms with E-state index in [1.54, 1.807) is 11.3 Å². The molecular weight excluding hydrogens is 272 g/mol. The van der Waals surface area contributed by atoms with Crippen molar-refractivity contribution in [2.75, 3.05) is 13.1 Å². The molecular formula is C11H19BrN2S. The lowest BCUT2D eigenvalue weighted by molar-refractivity contribution is 0.456.